The summed E-state index contributed by atoms with van der Waals surface area (Å²) < 4.78 is 0. The maximum atomic E-state index is 4.43. The van der Waals surface area contributed by atoms with Crippen molar-refractivity contribution in [2.45, 2.75) is 12.8 Å². The van der Waals surface area contributed by atoms with E-state index in [0.717, 1.165) is 12.8 Å². The molecule has 6 rings (SSSR count). The van der Waals surface area contributed by atoms with E-state index in [0.29, 0.717) is 11.8 Å². The lowest BCUT2D eigenvalue weighted by atomic mass is 9.51. The number of hydrogen-bond donors (Lipinski definition) is 0. The van der Waals surface area contributed by atoms with Gasteiger partial charge >= 0.3 is 0 Å². The Morgan fingerprint density at radius 2 is 1.24 bits per heavy atom. The summed E-state index contributed by atoms with van der Waals surface area (Å²) in [7, 11) is 0. The van der Waals surface area contributed by atoms with Crippen LogP contribution in [0.4, 0.5) is 0 Å². The molecule has 0 N–H and O–H groups in total. The fourth-order valence-electron chi connectivity index (χ4n) is 5.89. The Morgan fingerprint density at radius 3 is 1.71 bits per heavy atom. The molecule has 0 aromatic rings. The van der Waals surface area contributed by atoms with Crippen LogP contribution < -0.4 is 0 Å². The second-order valence-corrected chi connectivity index (χ2v) is 7.23. The maximum Gasteiger partial charge on any atom is 0.0420 e. The zero-order valence-electron chi connectivity index (χ0n) is 11.9. The largest absolute Gasteiger partial charge is 0.0952 e. The van der Waals surface area contributed by atoms with Crippen LogP contribution in [0.1, 0.15) is 12.8 Å². The van der Waals surface area contributed by atoms with Crippen LogP contribution in [0.25, 0.3) is 0 Å². The second-order valence-electron chi connectivity index (χ2n) is 7.23. The van der Waals surface area contributed by atoms with Crippen molar-refractivity contribution in [1.29, 1.82) is 0 Å². The van der Waals surface area contributed by atoms with E-state index in [1.165, 1.54) is 33.4 Å². The van der Waals surface area contributed by atoms with Crippen molar-refractivity contribution >= 4 is 0 Å². The van der Waals surface area contributed by atoms with Gasteiger partial charge in [0.1, 0.15) is 0 Å². The molecule has 0 heteroatoms. The van der Waals surface area contributed by atoms with Gasteiger partial charge in [-0.2, -0.15) is 0 Å². The molecule has 0 nitrogen and oxygen atoms in total. The fraction of sp³-hybridized carbons (Fsp3) is 0.238. The minimum Gasteiger partial charge on any atom is -0.0952 e. The fourth-order valence-corrected chi connectivity index (χ4v) is 5.89. The van der Waals surface area contributed by atoms with Gasteiger partial charge in [0.2, 0.25) is 0 Å². The van der Waals surface area contributed by atoms with Crippen molar-refractivity contribution < 1.29 is 0 Å². The Morgan fingerprint density at radius 1 is 0.762 bits per heavy atom. The first kappa shape index (κ1) is 10.6. The molecule has 0 aromatic heterocycles. The van der Waals surface area contributed by atoms with Crippen LogP contribution in [-0.4, -0.2) is 0 Å². The Balaban J connectivity index is 1.78. The predicted octanol–water partition coefficient (Wildman–Crippen LogP) is 4.74. The zero-order chi connectivity index (χ0) is 13.9. The van der Waals surface area contributed by atoms with Crippen molar-refractivity contribution in [3.8, 4) is 0 Å². The van der Waals surface area contributed by atoms with E-state index in [2.05, 4.69) is 49.6 Å². The van der Waals surface area contributed by atoms with E-state index in [9.17, 15) is 0 Å². The monoisotopic (exact) mass is 268 g/mol. The minimum atomic E-state index is 0.118. The average Bonchev–Trinajstić information content (AvgIpc) is 3.15. The highest BCUT2D eigenvalue weighted by Gasteiger charge is 2.65. The first-order valence-electron chi connectivity index (χ1n) is 7.83. The van der Waals surface area contributed by atoms with E-state index in [-0.39, 0.29) is 5.41 Å². The van der Waals surface area contributed by atoms with Gasteiger partial charge in [0.15, 0.2) is 0 Å². The smallest absolute Gasteiger partial charge is 0.0420 e. The van der Waals surface area contributed by atoms with Crippen molar-refractivity contribution in [3.05, 3.63) is 94.2 Å². The standard InChI is InChI=1S/C21H16/c1-11-7-13-3-5-16-10-18-12(2)8-14-4-6-15-9-17(11)21(18,19(13)16)20(14)15/h3-6,9-10,19-20H,1-2,7-8H2. The minimum absolute atomic E-state index is 0.118. The zero-order valence-corrected chi connectivity index (χ0v) is 11.9. The van der Waals surface area contributed by atoms with Crippen molar-refractivity contribution in [1.82, 2.24) is 0 Å². The quantitative estimate of drug-likeness (QED) is 0.595. The molecular formula is C21H16. The van der Waals surface area contributed by atoms with E-state index in [1.54, 1.807) is 11.1 Å². The highest BCUT2D eigenvalue weighted by Crippen LogP contribution is 2.74. The summed E-state index contributed by atoms with van der Waals surface area (Å²) in [4.78, 5) is 0. The third-order valence-corrected chi connectivity index (χ3v) is 6.41. The van der Waals surface area contributed by atoms with Crippen molar-refractivity contribution in [3.63, 3.8) is 0 Å². The Kier molecular flexibility index (Phi) is 1.48. The molecule has 0 saturated heterocycles. The third-order valence-electron chi connectivity index (χ3n) is 6.41. The number of hydrogen-bond acceptors (Lipinski definition) is 0. The SMILES string of the molecule is C=C1CC2=CC=C3C=C4C(=C)CC5=CC=C6C=C1C4(C65)C32. The van der Waals surface area contributed by atoms with E-state index in [4.69, 9.17) is 0 Å². The molecule has 2 unspecified atom stereocenters. The number of allylic oxidation sites excluding steroid dienone is 14. The molecule has 21 heavy (non-hydrogen) atoms. The highest BCUT2D eigenvalue weighted by molar-refractivity contribution is 5.76. The number of rotatable bonds is 0. The van der Waals surface area contributed by atoms with Crippen LogP contribution in [0, 0.1) is 17.3 Å². The summed E-state index contributed by atoms with van der Waals surface area (Å²) in [6.45, 7) is 8.86. The van der Waals surface area contributed by atoms with E-state index < -0.39 is 0 Å². The van der Waals surface area contributed by atoms with Gasteiger partial charge in [0.05, 0.1) is 0 Å². The summed E-state index contributed by atoms with van der Waals surface area (Å²) in [5, 5.41) is 0. The molecule has 6 aliphatic rings. The van der Waals surface area contributed by atoms with Gasteiger partial charge in [-0.3, -0.25) is 0 Å². The highest BCUT2D eigenvalue weighted by atomic mass is 14.7. The molecule has 0 heterocycles. The first-order valence-corrected chi connectivity index (χ1v) is 7.83. The molecule has 0 bridgehead atoms. The van der Waals surface area contributed by atoms with Crippen molar-refractivity contribution in [2.24, 2.45) is 17.3 Å². The summed E-state index contributed by atoms with van der Waals surface area (Å²) in [5.41, 5.74) is 11.9. The summed E-state index contributed by atoms with van der Waals surface area (Å²) >= 11 is 0. The average molecular weight is 268 g/mol. The summed E-state index contributed by atoms with van der Waals surface area (Å²) in [6.07, 6.45) is 16.4. The molecule has 1 spiro atoms. The van der Waals surface area contributed by atoms with E-state index >= 15 is 0 Å². The molecule has 0 amide bonds. The third kappa shape index (κ3) is 0.878. The van der Waals surface area contributed by atoms with Gasteiger partial charge in [-0.25, -0.2) is 0 Å². The van der Waals surface area contributed by atoms with E-state index in [1.807, 2.05) is 0 Å². The van der Waals surface area contributed by atoms with Crippen LogP contribution in [0.3, 0.4) is 0 Å². The predicted molar refractivity (Wildman–Crippen MR) is 85.4 cm³/mol. The van der Waals surface area contributed by atoms with Crippen LogP contribution in [0.5, 0.6) is 0 Å². The molecule has 6 aliphatic carbocycles. The molecule has 0 aliphatic heterocycles. The van der Waals surface area contributed by atoms with Gasteiger partial charge in [0, 0.05) is 17.3 Å². The molecule has 2 atom stereocenters. The van der Waals surface area contributed by atoms with Crippen LogP contribution in [-0.2, 0) is 0 Å². The van der Waals surface area contributed by atoms with Crippen LogP contribution in [0.15, 0.2) is 94.2 Å². The Labute approximate surface area is 124 Å². The second kappa shape index (κ2) is 2.92. The maximum absolute atomic E-state index is 4.43. The summed E-state index contributed by atoms with van der Waals surface area (Å²) in [5.74, 6) is 1.11. The van der Waals surface area contributed by atoms with Gasteiger partial charge in [-0.1, -0.05) is 60.8 Å². The lowest BCUT2D eigenvalue weighted by Crippen LogP contribution is -2.43. The summed E-state index contributed by atoms with van der Waals surface area (Å²) in [6, 6.07) is 0. The van der Waals surface area contributed by atoms with Gasteiger partial charge in [-0.15, -0.1) is 0 Å². The van der Waals surface area contributed by atoms with Gasteiger partial charge in [-0.05, 0) is 46.3 Å². The Hall–Kier alpha value is -2.08. The molecule has 0 aromatic carbocycles. The Bertz CT molecular complexity index is 799. The molecule has 100 valence electrons. The lowest BCUT2D eigenvalue weighted by Gasteiger charge is -2.50. The topological polar surface area (TPSA) is 0 Å². The first-order chi connectivity index (χ1) is 10.2. The van der Waals surface area contributed by atoms with Crippen LogP contribution >= 0.6 is 0 Å². The molecular weight excluding hydrogens is 252 g/mol. The molecule has 2 saturated carbocycles. The normalized spacial score (nSPS) is 40.2. The molecule has 2 fully saturated rings. The van der Waals surface area contributed by atoms with Crippen LogP contribution in [0.2, 0.25) is 0 Å². The van der Waals surface area contributed by atoms with Gasteiger partial charge in [0.25, 0.3) is 0 Å². The lowest BCUT2D eigenvalue weighted by molar-refractivity contribution is 0.281. The molecule has 0 radical (unpaired) electrons. The van der Waals surface area contributed by atoms with Crippen molar-refractivity contribution in [2.75, 3.05) is 0 Å². The van der Waals surface area contributed by atoms with Gasteiger partial charge < -0.3 is 0 Å².